The van der Waals surface area contributed by atoms with Gasteiger partial charge in [0, 0.05) is 5.56 Å². The predicted molar refractivity (Wildman–Crippen MR) is 94.6 cm³/mol. The second-order valence-corrected chi connectivity index (χ2v) is 7.79. The van der Waals surface area contributed by atoms with Crippen molar-refractivity contribution >= 4 is 18.5 Å². The van der Waals surface area contributed by atoms with E-state index in [2.05, 4.69) is 0 Å². The van der Waals surface area contributed by atoms with Gasteiger partial charge in [-0.1, -0.05) is 24.3 Å². The van der Waals surface area contributed by atoms with Gasteiger partial charge in [0.05, 0.1) is 6.04 Å². The van der Waals surface area contributed by atoms with E-state index in [1.54, 1.807) is 72.7 Å². The van der Waals surface area contributed by atoms with Crippen molar-refractivity contribution in [3.8, 4) is 0 Å². The highest BCUT2D eigenvalue weighted by molar-refractivity contribution is 5.88. The van der Waals surface area contributed by atoms with Crippen LogP contribution in [0, 0.1) is 0 Å². The SMILES string of the molecule is CC(c1ccc(C=O)cc1)N(C(=O)OC(C)(C)C)C(=O)OC(C)(C)C. The number of benzene rings is 1. The van der Waals surface area contributed by atoms with E-state index in [1.165, 1.54) is 0 Å². The molecule has 0 saturated carbocycles. The van der Waals surface area contributed by atoms with Crippen molar-refractivity contribution in [3.63, 3.8) is 0 Å². The largest absolute Gasteiger partial charge is 0.443 e. The second-order valence-electron chi connectivity index (χ2n) is 7.79. The molecule has 6 heteroatoms. The molecule has 1 aromatic rings. The van der Waals surface area contributed by atoms with Gasteiger partial charge in [0.25, 0.3) is 0 Å². The van der Waals surface area contributed by atoms with E-state index < -0.39 is 29.4 Å². The number of rotatable bonds is 3. The average molecular weight is 349 g/mol. The molecule has 0 aliphatic heterocycles. The summed E-state index contributed by atoms with van der Waals surface area (Å²) in [4.78, 5) is 36.9. The quantitative estimate of drug-likeness (QED) is 0.737. The van der Waals surface area contributed by atoms with E-state index in [-0.39, 0.29) is 0 Å². The van der Waals surface area contributed by atoms with Gasteiger partial charge in [0.15, 0.2) is 0 Å². The molecule has 1 atom stereocenters. The Kier molecular flexibility index (Phi) is 6.35. The number of nitrogens with zero attached hydrogens (tertiary/aromatic N) is 1. The molecule has 2 amide bonds. The summed E-state index contributed by atoms with van der Waals surface area (Å²) in [5.74, 6) is 0. The van der Waals surface area contributed by atoms with Gasteiger partial charge in [-0.15, -0.1) is 0 Å². The lowest BCUT2D eigenvalue weighted by atomic mass is 10.1. The van der Waals surface area contributed by atoms with E-state index in [0.717, 1.165) is 11.2 Å². The number of carbonyl (C=O) groups is 3. The van der Waals surface area contributed by atoms with Crippen LogP contribution in [-0.2, 0) is 9.47 Å². The van der Waals surface area contributed by atoms with Gasteiger partial charge in [0.1, 0.15) is 17.5 Å². The third kappa shape index (κ3) is 6.57. The lowest BCUT2D eigenvalue weighted by Gasteiger charge is -2.32. The maximum atomic E-state index is 12.6. The molecule has 1 aromatic carbocycles. The van der Waals surface area contributed by atoms with Crippen molar-refractivity contribution in [2.24, 2.45) is 0 Å². The first-order chi connectivity index (χ1) is 11.3. The summed E-state index contributed by atoms with van der Waals surface area (Å²) >= 11 is 0. The van der Waals surface area contributed by atoms with Crippen LogP contribution < -0.4 is 0 Å². The first-order valence-electron chi connectivity index (χ1n) is 8.14. The molecule has 6 nitrogen and oxygen atoms in total. The van der Waals surface area contributed by atoms with Crippen LogP contribution in [0.5, 0.6) is 0 Å². The fraction of sp³-hybridized carbons (Fsp3) is 0.526. The minimum atomic E-state index is -0.784. The van der Waals surface area contributed by atoms with Crippen molar-refractivity contribution in [1.29, 1.82) is 0 Å². The molecule has 0 aliphatic rings. The van der Waals surface area contributed by atoms with Gasteiger partial charge in [-0.3, -0.25) is 4.79 Å². The Morgan fingerprint density at radius 1 is 0.920 bits per heavy atom. The highest BCUT2D eigenvalue weighted by atomic mass is 16.6. The Hall–Kier alpha value is -2.37. The highest BCUT2D eigenvalue weighted by Gasteiger charge is 2.35. The van der Waals surface area contributed by atoms with Gasteiger partial charge in [-0.05, 0) is 54.0 Å². The number of carbonyl (C=O) groups excluding carboxylic acids is 3. The average Bonchev–Trinajstić information content (AvgIpc) is 2.43. The molecule has 0 aliphatic carbocycles. The first-order valence-corrected chi connectivity index (χ1v) is 8.14. The summed E-state index contributed by atoms with van der Waals surface area (Å²) in [5.41, 5.74) is -0.309. The fourth-order valence-corrected chi connectivity index (χ4v) is 2.02. The van der Waals surface area contributed by atoms with E-state index in [1.807, 2.05) is 0 Å². The van der Waals surface area contributed by atoms with E-state index in [0.29, 0.717) is 11.1 Å². The number of amides is 2. The molecule has 0 N–H and O–H groups in total. The summed E-state index contributed by atoms with van der Waals surface area (Å²) in [6, 6.07) is 6.01. The lowest BCUT2D eigenvalue weighted by Crippen LogP contribution is -2.44. The summed E-state index contributed by atoms with van der Waals surface area (Å²) in [6.45, 7) is 12.0. The smallest absolute Gasteiger partial charge is 0.420 e. The Morgan fingerprint density at radius 2 is 1.32 bits per heavy atom. The van der Waals surface area contributed by atoms with Crippen LogP contribution in [-0.4, -0.2) is 34.6 Å². The topological polar surface area (TPSA) is 72.9 Å². The van der Waals surface area contributed by atoms with Gasteiger partial charge in [-0.2, -0.15) is 0 Å². The Bertz CT molecular complexity index is 595. The maximum absolute atomic E-state index is 12.6. The molecular weight excluding hydrogens is 322 g/mol. The molecule has 0 bridgehead atoms. The minimum absolute atomic E-state index is 0.511. The number of hydrogen-bond acceptors (Lipinski definition) is 5. The molecule has 25 heavy (non-hydrogen) atoms. The van der Waals surface area contributed by atoms with Crippen LogP contribution in [0.2, 0.25) is 0 Å². The molecule has 1 rings (SSSR count). The Labute approximate surface area is 149 Å². The van der Waals surface area contributed by atoms with Crippen LogP contribution in [0.3, 0.4) is 0 Å². The van der Waals surface area contributed by atoms with Crippen LogP contribution in [0.1, 0.15) is 70.4 Å². The second kappa shape index (κ2) is 7.68. The Morgan fingerprint density at radius 3 is 1.64 bits per heavy atom. The number of hydrogen-bond donors (Lipinski definition) is 0. The normalized spacial score (nSPS) is 12.9. The van der Waals surface area contributed by atoms with Gasteiger partial charge < -0.3 is 9.47 Å². The molecule has 0 aromatic heterocycles. The van der Waals surface area contributed by atoms with Crippen molar-refractivity contribution in [1.82, 2.24) is 4.90 Å². The summed E-state index contributed by atoms with van der Waals surface area (Å²) in [6.07, 6.45) is -0.837. The van der Waals surface area contributed by atoms with Crippen molar-refractivity contribution in [2.75, 3.05) is 0 Å². The third-order valence-electron chi connectivity index (χ3n) is 3.12. The number of imide groups is 1. The van der Waals surface area contributed by atoms with E-state index in [4.69, 9.17) is 9.47 Å². The summed E-state index contributed by atoms with van der Waals surface area (Å²) in [7, 11) is 0. The molecule has 0 radical (unpaired) electrons. The molecule has 0 spiro atoms. The molecule has 0 heterocycles. The number of aldehydes is 1. The number of ether oxygens (including phenoxy) is 2. The Balaban J connectivity index is 3.16. The summed E-state index contributed by atoms with van der Waals surface area (Å²) < 4.78 is 10.7. The van der Waals surface area contributed by atoms with Crippen LogP contribution >= 0.6 is 0 Å². The molecule has 0 fully saturated rings. The third-order valence-corrected chi connectivity index (χ3v) is 3.12. The zero-order valence-electron chi connectivity index (χ0n) is 16.0. The zero-order valence-corrected chi connectivity index (χ0v) is 16.0. The monoisotopic (exact) mass is 349 g/mol. The summed E-state index contributed by atoms with van der Waals surface area (Å²) in [5, 5.41) is 0. The first kappa shape index (κ1) is 20.7. The van der Waals surface area contributed by atoms with Crippen molar-refractivity contribution in [2.45, 2.75) is 65.7 Å². The van der Waals surface area contributed by atoms with Gasteiger partial charge in [-0.25, -0.2) is 14.5 Å². The minimum Gasteiger partial charge on any atom is -0.443 e. The van der Waals surface area contributed by atoms with Gasteiger partial charge in [0.2, 0.25) is 0 Å². The van der Waals surface area contributed by atoms with Crippen LogP contribution in [0.15, 0.2) is 24.3 Å². The standard InChI is InChI=1S/C19H27NO5/c1-13(15-10-8-14(12-21)9-11-15)20(16(22)24-18(2,3)4)17(23)25-19(5,6)7/h8-13H,1-7H3. The van der Waals surface area contributed by atoms with Crippen LogP contribution in [0.4, 0.5) is 9.59 Å². The molecule has 0 saturated heterocycles. The van der Waals surface area contributed by atoms with Crippen molar-refractivity contribution < 1.29 is 23.9 Å². The lowest BCUT2D eigenvalue weighted by molar-refractivity contribution is -0.00610. The zero-order chi connectivity index (χ0) is 19.4. The van der Waals surface area contributed by atoms with E-state index in [9.17, 15) is 14.4 Å². The van der Waals surface area contributed by atoms with Gasteiger partial charge >= 0.3 is 12.2 Å². The fourth-order valence-electron chi connectivity index (χ4n) is 2.02. The predicted octanol–water partition coefficient (Wildman–Crippen LogP) is 4.73. The molecular formula is C19H27NO5. The maximum Gasteiger partial charge on any atom is 0.420 e. The van der Waals surface area contributed by atoms with Crippen molar-refractivity contribution in [3.05, 3.63) is 35.4 Å². The molecule has 1 unspecified atom stereocenters. The van der Waals surface area contributed by atoms with Crippen LogP contribution in [0.25, 0.3) is 0 Å². The van der Waals surface area contributed by atoms with E-state index >= 15 is 0 Å². The highest BCUT2D eigenvalue weighted by Crippen LogP contribution is 2.25. The molecule has 138 valence electrons.